The van der Waals surface area contributed by atoms with Crippen LogP contribution in [0.3, 0.4) is 0 Å². The molecule has 1 N–H and O–H groups in total. The summed E-state index contributed by atoms with van der Waals surface area (Å²) in [5.41, 5.74) is 1.27. The minimum absolute atomic E-state index is 0.00181. The number of nitrogens with one attached hydrogen (secondary N) is 1. The van der Waals surface area contributed by atoms with Gasteiger partial charge in [0.05, 0.1) is 12.0 Å². The molecule has 2 rings (SSSR count). The molecule has 1 aromatic carbocycles. The molecule has 1 aromatic rings. The van der Waals surface area contributed by atoms with E-state index in [1.807, 2.05) is 0 Å². The first kappa shape index (κ1) is 13.6. The average molecular weight is 264 g/mol. The first-order valence-corrected chi connectivity index (χ1v) is 6.55. The zero-order valence-electron chi connectivity index (χ0n) is 11.6. The molecule has 0 unspecified atom stereocenters. The summed E-state index contributed by atoms with van der Waals surface area (Å²) < 4.78 is 5.06. The summed E-state index contributed by atoms with van der Waals surface area (Å²) in [6.07, 6.45) is 2.50. The topological polar surface area (TPSA) is 64.4 Å². The maximum absolute atomic E-state index is 10.8. The molecule has 0 amide bonds. The van der Waals surface area contributed by atoms with E-state index in [9.17, 15) is 10.1 Å². The van der Waals surface area contributed by atoms with Crippen LogP contribution < -0.4 is 10.1 Å². The number of rotatable bonds is 6. The largest absolute Gasteiger partial charge is 0.490 e. The summed E-state index contributed by atoms with van der Waals surface area (Å²) >= 11 is 0. The van der Waals surface area contributed by atoms with Crippen molar-refractivity contribution in [3.05, 3.63) is 28.3 Å². The van der Waals surface area contributed by atoms with E-state index in [0.29, 0.717) is 17.1 Å². The molecule has 0 heterocycles. The molecular formula is C14H20N2O3. The number of benzene rings is 1. The van der Waals surface area contributed by atoms with Crippen molar-refractivity contribution in [3.8, 4) is 5.75 Å². The van der Waals surface area contributed by atoms with E-state index in [1.54, 1.807) is 12.1 Å². The van der Waals surface area contributed by atoms with E-state index >= 15 is 0 Å². The Morgan fingerprint density at radius 2 is 2.16 bits per heavy atom. The van der Waals surface area contributed by atoms with E-state index in [1.165, 1.54) is 26.0 Å². The third-order valence-electron chi connectivity index (χ3n) is 4.14. The van der Waals surface area contributed by atoms with E-state index < -0.39 is 4.92 Å². The summed E-state index contributed by atoms with van der Waals surface area (Å²) in [5, 5.41) is 14.2. The highest BCUT2D eigenvalue weighted by Gasteiger charge is 2.44. The minimum atomic E-state index is -0.431. The average Bonchev–Trinajstić information content (AvgIpc) is 3.17. The number of nitro groups is 1. The van der Waals surface area contributed by atoms with Crippen LogP contribution in [-0.4, -0.2) is 18.6 Å². The minimum Gasteiger partial charge on any atom is -0.490 e. The van der Waals surface area contributed by atoms with Crippen molar-refractivity contribution in [2.45, 2.75) is 26.7 Å². The van der Waals surface area contributed by atoms with Gasteiger partial charge >= 0.3 is 5.69 Å². The molecule has 0 radical (unpaired) electrons. The molecule has 0 spiro atoms. The van der Waals surface area contributed by atoms with Crippen molar-refractivity contribution in [3.63, 3.8) is 0 Å². The number of methoxy groups -OCH3 is 1. The Labute approximate surface area is 113 Å². The second kappa shape index (κ2) is 5.07. The molecule has 104 valence electrons. The smallest absolute Gasteiger partial charge is 0.311 e. The van der Waals surface area contributed by atoms with Gasteiger partial charge in [0.2, 0.25) is 0 Å². The number of ether oxygens (including phenoxy) is 1. The summed E-state index contributed by atoms with van der Waals surface area (Å²) in [6, 6.07) is 4.90. The van der Waals surface area contributed by atoms with Crippen LogP contribution in [0.1, 0.15) is 26.7 Å². The zero-order valence-corrected chi connectivity index (χ0v) is 11.6. The fourth-order valence-electron chi connectivity index (χ4n) is 2.34. The Bertz CT molecular complexity index is 482. The normalized spacial score (nSPS) is 16.2. The van der Waals surface area contributed by atoms with Crippen LogP contribution in [0.2, 0.25) is 0 Å². The van der Waals surface area contributed by atoms with Crippen LogP contribution >= 0.6 is 0 Å². The molecule has 1 aliphatic rings. The fraction of sp³-hybridized carbons (Fsp3) is 0.571. The van der Waals surface area contributed by atoms with E-state index in [2.05, 4.69) is 19.2 Å². The van der Waals surface area contributed by atoms with Gasteiger partial charge in [-0.25, -0.2) is 0 Å². The van der Waals surface area contributed by atoms with Crippen LogP contribution in [0.5, 0.6) is 5.75 Å². The molecule has 1 fully saturated rings. The number of nitrogens with zero attached hydrogens (tertiary/aromatic N) is 1. The molecule has 0 aromatic heterocycles. The zero-order chi connectivity index (χ0) is 14.0. The summed E-state index contributed by atoms with van der Waals surface area (Å²) in [5.74, 6) is 0.948. The van der Waals surface area contributed by atoms with E-state index in [0.717, 1.165) is 12.2 Å². The molecule has 0 saturated heterocycles. The highest BCUT2D eigenvalue weighted by atomic mass is 16.6. The first-order valence-electron chi connectivity index (χ1n) is 6.55. The standard InChI is InChI=1S/C14H20N2O3/c1-10(2)14(6-7-14)9-15-11-4-5-12(16(17)18)13(8-11)19-3/h4-5,8,10,15H,6-7,9H2,1-3H3. The fourth-order valence-corrected chi connectivity index (χ4v) is 2.34. The van der Waals surface area contributed by atoms with Crippen LogP contribution in [0.15, 0.2) is 18.2 Å². The van der Waals surface area contributed by atoms with Gasteiger partial charge in [-0.15, -0.1) is 0 Å². The summed E-state index contributed by atoms with van der Waals surface area (Å²) in [6.45, 7) is 5.39. The maximum atomic E-state index is 10.8. The lowest BCUT2D eigenvalue weighted by atomic mass is 9.92. The Kier molecular flexibility index (Phi) is 3.64. The molecule has 0 atom stereocenters. The lowest BCUT2D eigenvalue weighted by molar-refractivity contribution is -0.385. The number of hydrogen-bond acceptors (Lipinski definition) is 4. The van der Waals surface area contributed by atoms with Crippen LogP contribution in [0, 0.1) is 21.4 Å². The number of hydrogen-bond donors (Lipinski definition) is 1. The molecule has 19 heavy (non-hydrogen) atoms. The van der Waals surface area contributed by atoms with Crippen molar-refractivity contribution in [1.29, 1.82) is 0 Å². The van der Waals surface area contributed by atoms with Gasteiger partial charge in [-0.3, -0.25) is 10.1 Å². The number of anilines is 1. The van der Waals surface area contributed by atoms with Gasteiger partial charge in [0, 0.05) is 24.4 Å². The SMILES string of the molecule is COc1cc(NCC2(C(C)C)CC2)ccc1[N+](=O)[O-]. The van der Waals surface area contributed by atoms with E-state index in [-0.39, 0.29) is 5.69 Å². The van der Waals surface area contributed by atoms with Gasteiger partial charge in [-0.05, 0) is 30.2 Å². The molecular weight excluding hydrogens is 244 g/mol. The van der Waals surface area contributed by atoms with Crippen molar-refractivity contribution >= 4 is 11.4 Å². The highest BCUT2D eigenvalue weighted by molar-refractivity contribution is 5.58. The third-order valence-corrected chi connectivity index (χ3v) is 4.14. The van der Waals surface area contributed by atoms with Crippen LogP contribution in [0.4, 0.5) is 11.4 Å². The van der Waals surface area contributed by atoms with Crippen molar-refractivity contribution in [2.24, 2.45) is 11.3 Å². The lowest BCUT2D eigenvalue weighted by Gasteiger charge is -2.20. The Balaban J connectivity index is 2.08. The monoisotopic (exact) mass is 264 g/mol. The van der Waals surface area contributed by atoms with Gasteiger partial charge in [0.25, 0.3) is 0 Å². The Morgan fingerprint density at radius 1 is 1.47 bits per heavy atom. The van der Waals surface area contributed by atoms with Crippen LogP contribution in [0.25, 0.3) is 0 Å². The lowest BCUT2D eigenvalue weighted by Crippen LogP contribution is -2.20. The van der Waals surface area contributed by atoms with Gasteiger partial charge in [-0.1, -0.05) is 13.8 Å². The second-order valence-corrected chi connectivity index (χ2v) is 5.51. The van der Waals surface area contributed by atoms with Crippen molar-refractivity contribution < 1.29 is 9.66 Å². The van der Waals surface area contributed by atoms with Gasteiger partial charge in [0.1, 0.15) is 0 Å². The van der Waals surface area contributed by atoms with E-state index in [4.69, 9.17) is 4.74 Å². The molecule has 5 nitrogen and oxygen atoms in total. The van der Waals surface area contributed by atoms with Crippen molar-refractivity contribution in [1.82, 2.24) is 0 Å². The third kappa shape index (κ3) is 2.80. The second-order valence-electron chi connectivity index (χ2n) is 5.51. The quantitative estimate of drug-likeness (QED) is 0.631. The van der Waals surface area contributed by atoms with Crippen LogP contribution in [-0.2, 0) is 0 Å². The summed E-state index contributed by atoms with van der Waals surface area (Å²) in [4.78, 5) is 10.4. The highest BCUT2D eigenvalue weighted by Crippen LogP contribution is 2.51. The molecule has 0 bridgehead atoms. The predicted molar refractivity (Wildman–Crippen MR) is 74.6 cm³/mol. The predicted octanol–water partition coefficient (Wildman–Crippen LogP) is 3.45. The maximum Gasteiger partial charge on any atom is 0.311 e. The first-order chi connectivity index (χ1) is 8.98. The Morgan fingerprint density at radius 3 is 2.63 bits per heavy atom. The molecule has 1 saturated carbocycles. The molecule has 1 aliphatic carbocycles. The van der Waals surface area contributed by atoms with Crippen molar-refractivity contribution in [2.75, 3.05) is 19.0 Å². The number of nitro benzene ring substituents is 1. The Hall–Kier alpha value is -1.78. The molecule has 5 heteroatoms. The van der Waals surface area contributed by atoms with Gasteiger partial charge < -0.3 is 10.1 Å². The van der Waals surface area contributed by atoms with Gasteiger partial charge in [-0.2, -0.15) is 0 Å². The van der Waals surface area contributed by atoms with Gasteiger partial charge in [0.15, 0.2) is 5.75 Å². The summed E-state index contributed by atoms with van der Waals surface area (Å²) in [7, 11) is 1.45. The molecule has 0 aliphatic heterocycles.